The zero-order valence-electron chi connectivity index (χ0n) is 12.2. The maximum atomic E-state index is 10.3. The van der Waals surface area contributed by atoms with E-state index in [2.05, 4.69) is 0 Å². The molecule has 0 aliphatic carbocycles. The Kier molecular flexibility index (Phi) is 20.7. The van der Waals surface area contributed by atoms with Crippen LogP contribution in [0.15, 0.2) is 0 Å². The molecule has 8 heteroatoms. The number of Topliss-reactive ketones (excluding diaryl/α,β-unsaturated/α-hetero) is 2. The number of ketones is 2. The molecule has 0 unspecified atom stereocenters. The van der Waals surface area contributed by atoms with Crippen LogP contribution in [0.2, 0.25) is 0 Å². The molecule has 112 valence electrons. The van der Waals surface area contributed by atoms with Crippen LogP contribution in [-0.4, -0.2) is 66.7 Å². The molecule has 7 nitrogen and oxygen atoms in total. The van der Waals surface area contributed by atoms with Crippen LogP contribution in [-0.2, 0) is 19.2 Å². The number of carboxylic acid groups (broad SMARTS) is 2. The van der Waals surface area contributed by atoms with Gasteiger partial charge in [0.15, 0.2) is 11.6 Å². The Morgan fingerprint density at radius 1 is 0.750 bits per heavy atom. The third-order valence-electron chi connectivity index (χ3n) is 1.64. The van der Waals surface area contributed by atoms with E-state index >= 15 is 0 Å². The molecule has 0 spiro atoms. The fourth-order valence-electron chi connectivity index (χ4n) is 0.908. The fraction of sp³-hybridized carbons (Fsp3) is 0.667. The Morgan fingerprint density at radius 3 is 1.00 bits per heavy atom. The van der Waals surface area contributed by atoms with Gasteiger partial charge in [0.2, 0.25) is 0 Å². The van der Waals surface area contributed by atoms with Crippen molar-refractivity contribution in [3.05, 3.63) is 0 Å². The van der Waals surface area contributed by atoms with Gasteiger partial charge in [0.1, 0.15) is 11.9 Å². The SMILES string of the molecule is CC(C)CC(=O)C(=O)[O-].CC(C)CC(=O)C(=O)[O-].O.[Ca+2]. The first-order valence-electron chi connectivity index (χ1n) is 5.56. The van der Waals surface area contributed by atoms with Gasteiger partial charge >= 0.3 is 37.7 Å². The molecule has 0 saturated heterocycles. The van der Waals surface area contributed by atoms with E-state index in [1.165, 1.54) is 0 Å². The average Bonchev–Trinajstić information content (AvgIpc) is 2.16. The maximum Gasteiger partial charge on any atom is 2.00 e. The standard InChI is InChI=1S/2C6H10O3.Ca.H2O/c2*1-4(2)3-5(7)6(8)9;;/h2*4H,3H2,1-2H3,(H,8,9);;1H2/q;;+2;/p-2. The van der Waals surface area contributed by atoms with Gasteiger partial charge in [-0.2, -0.15) is 0 Å². The second kappa shape index (κ2) is 14.9. The molecule has 0 heterocycles. The van der Waals surface area contributed by atoms with Gasteiger partial charge in [0, 0.05) is 12.8 Å². The van der Waals surface area contributed by atoms with Crippen LogP contribution < -0.4 is 10.2 Å². The van der Waals surface area contributed by atoms with Crippen molar-refractivity contribution in [2.24, 2.45) is 11.8 Å². The van der Waals surface area contributed by atoms with Crippen molar-refractivity contribution in [2.45, 2.75) is 40.5 Å². The summed E-state index contributed by atoms with van der Waals surface area (Å²) in [4.78, 5) is 40.1. The Bertz CT molecular complexity index is 292. The van der Waals surface area contributed by atoms with Crippen molar-refractivity contribution in [2.75, 3.05) is 0 Å². The Labute approximate surface area is 148 Å². The molecule has 0 atom stereocenters. The van der Waals surface area contributed by atoms with Crippen molar-refractivity contribution in [3.63, 3.8) is 0 Å². The average molecular weight is 316 g/mol. The molecule has 0 radical (unpaired) electrons. The summed E-state index contributed by atoms with van der Waals surface area (Å²) in [6.45, 7) is 7.11. The van der Waals surface area contributed by atoms with Gasteiger partial charge in [-0.1, -0.05) is 27.7 Å². The fourth-order valence-corrected chi connectivity index (χ4v) is 0.908. The second-order valence-corrected chi connectivity index (χ2v) is 4.62. The molecule has 20 heavy (non-hydrogen) atoms. The number of carbonyl (C=O) groups excluding carboxylic acids is 4. The number of hydrogen-bond acceptors (Lipinski definition) is 6. The predicted molar refractivity (Wildman–Crippen MR) is 68.3 cm³/mol. The van der Waals surface area contributed by atoms with Gasteiger partial charge in [-0.15, -0.1) is 0 Å². The molecular formula is C12H20CaO7. The molecule has 0 aliphatic heterocycles. The molecule has 0 aromatic heterocycles. The summed E-state index contributed by atoms with van der Waals surface area (Å²) in [7, 11) is 0. The van der Waals surface area contributed by atoms with Gasteiger partial charge in [0.25, 0.3) is 0 Å². The molecule has 0 aromatic rings. The quantitative estimate of drug-likeness (QED) is 0.391. The van der Waals surface area contributed by atoms with Crippen molar-refractivity contribution in [1.82, 2.24) is 0 Å². The summed E-state index contributed by atoms with van der Waals surface area (Å²) in [5.74, 6) is -4.60. The van der Waals surface area contributed by atoms with E-state index in [1.54, 1.807) is 27.7 Å². The largest absolute Gasteiger partial charge is 2.00 e. The van der Waals surface area contributed by atoms with Gasteiger partial charge < -0.3 is 25.3 Å². The van der Waals surface area contributed by atoms with Crippen LogP contribution in [0.3, 0.4) is 0 Å². The number of carbonyl (C=O) groups is 4. The van der Waals surface area contributed by atoms with Gasteiger partial charge in [-0.25, -0.2) is 0 Å². The molecule has 0 bridgehead atoms. The smallest absolute Gasteiger partial charge is 0.542 e. The van der Waals surface area contributed by atoms with Gasteiger partial charge in [-0.3, -0.25) is 9.59 Å². The van der Waals surface area contributed by atoms with E-state index in [0.717, 1.165) is 0 Å². The monoisotopic (exact) mass is 316 g/mol. The molecule has 0 amide bonds. The first kappa shape index (κ1) is 27.8. The second-order valence-electron chi connectivity index (χ2n) is 4.62. The minimum atomic E-state index is -1.58. The van der Waals surface area contributed by atoms with E-state index in [9.17, 15) is 29.4 Å². The number of aliphatic carboxylic acids is 2. The van der Waals surface area contributed by atoms with Crippen LogP contribution in [0.25, 0.3) is 0 Å². The first-order chi connectivity index (χ1) is 8.07. The molecule has 2 N–H and O–H groups in total. The Hall–Kier alpha value is -0.500. The summed E-state index contributed by atoms with van der Waals surface area (Å²) in [6, 6.07) is 0. The van der Waals surface area contributed by atoms with Crippen LogP contribution >= 0.6 is 0 Å². The Morgan fingerprint density at radius 2 is 0.950 bits per heavy atom. The molecular weight excluding hydrogens is 296 g/mol. The van der Waals surface area contributed by atoms with E-state index in [1.807, 2.05) is 0 Å². The molecule has 0 rings (SSSR count). The minimum absolute atomic E-state index is 0. The molecule has 0 aliphatic rings. The molecule has 0 fully saturated rings. The predicted octanol–water partition coefficient (Wildman–Crippen LogP) is -2.50. The van der Waals surface area contributed by atoms with Gasteiger partial charge in [0.05, 0.1) is 0 Å². The maximum absolute atomic E-state index is 10.3. The van der Waals surface area contributed by atoms with E-state index < -0.39 is 23.5 Å². The molecule has 0 saturated carbocycles. The molecule has 0 aromatic carbocycles. The minimum Gasteiger partial charge on any atom is -0.542 e. The summed E-state index contributed by atoms with van der Waals surface area (Å²) >= 11 is 0. The van der Waals surface area contributed by atoms with Crippen molar-refractivity contribution in [1.29, 1.82) is 0 Å². The van der Waals surface area contributed by atoms with Crippen LogP contribution in [0, 0.1) is 11.8 Å². The van der Waals surface area contributed by atoms with Gasteiger partial charge in [-0.05, 0) is 11.8 Å². The van der Waals surface area contributed by atoms with Crippen LogP contribution in [0.1, 0.15) is 40.5 Å². The van der Waals surface area contributed by atoms with Crippen molar-refractivity contribution in [3.8, 4) is 0 Å². The summed E-state index contributed by atoms with van der Waals surface area (Å²) in [6.07, 6.45) is 0.144. The van der Waals surface area contributed by atoms with E-state index in [-0.39, 0.29) is 67.9 Å². The van der Waals surface area contributed by atoms with Crippen LogP contribution in [0.4, 0.5) is 0 Å². The Balaban J connectivity index is -0.000000116. The number of carboxylic acids is 2. The zero-order chi connectivity index (χ0) is 14.9. The van der Waals surface area contributed by atoms with E-state index in [0.29, 0.717) is 0 Å². The number of rotatable bonds is 6. The van der Waals surface area contributed by atoms with E-state index in [4.69, 9.17) is 0 Å². The summed E-state index contributed by atoms with van der Waals surface area (Å²) in [5.41, 5.74) is 0. The third-order valence-corrected chi connectivity index (χ3v) is 1.64. The first-order valence-corrected chi connectivity index (χ1v) is 5.56. The summed E-state index contributed by atoms with van der Waals surface area (Å²) in [5, 5.41) is 19.5. The topological polar surface area (TPSA) is 146 Å². The normalized spacial score (nSPS) is 8.70. The van der Waals surface area contributed by atoms with Crippen molar-refractivity contribution >= 4 is 61.2 Å². The third kappa shape index (κ3) is 19.8. The summed E-state index contributed by atoms with van der Waals surface area (Å²) < 4.78 is 0. The number of hydrogen-bond donors (Lipinski definition) is 0. The van der Waals surface area contributed by atoms with Crippen molar-refractivity contribution < 1.29 is 34.9 Å². The zero-order valence-corrected chi connectivity index (χ0v) is 14.4. The van der Waals surface area contributed by atoms with Crippen LogP contribution in [0.5, 0.6) is 0 Å².